The van der Waals surface area contributed by atoms with Gasteiger partial charge in [0.2, 0.25) is 6.10 Å². The van der Waals surface area contributed by atoms with Gasteiger partial charge in [-0.05, 0) is 13.0 Å². The van der Waals surface area contributed by atoms with E-state index in [1.54, 1.807) is 0 Å². The molecule has 2 amide bonds. The van der Waals surface area contributed by atoms with E-state index in [-0.39, 0.29) is 20.9 Å². The molecule has 4 N–H and O–H groups in total. The first-order valence-electron chi connectivity index (χ1n) is 11.8. The first-order chi connectivity index (χ1) is 19.1. The van der Waals surface area contributed by atoms with Gasteiger partial charge in [0, 0.05) is 36.0 Å². The van der Waals surface area contributed by atoms with Crippen molar-refractivity contribution in [3.05, 3.63) is 52.0 Å². The zero-order chi connectivity index (χ0) is 28.7. The molecular formula is C24H23ClN7O6S2+. The number of aldehydes is 1. The van der Waals surface area contributed by atoms with Crippen LogP contribution in [0.3, 0.4) is 0 Å². The number of hydrogen-bond donors (Lipinski definition) is 3. The number of hydrogen-bond acceptors (Lipinski definition) is 10. The Morgan fingerprint density at radius 1 is 1.45 bits per heavy atom. The Bertz CT molecular complexity index is 1620. The van der Waals surface area contributed by atoms with Crippen LogP contribution in [0.25, 0.3) is 10.9 Å². The third kappa shape index (κ3) is 5.02. The van der Waals surface area contributed by atoms with E-state index in [0.29, 0.717) is 18.6 Å². The van der Waals surface area contributed by atoms with E-state index in [4.69, 9.17) is 27.3 Å². The van der Waals surface area contributed by atoms with E-state index in [2.05, 4.69) is 15.5 Å². The second-order valence-electron chi connectivity index (χ2n) is 9.05. The van der Waals surface area contributed by atoms with Gasteiger partial charge in [0.15, 0.2) is 36.1 Å². The molecule has 208 valence electrons. The lowest BCUT2D eigenvalue weighted by molar-refractivity contribution is -0.687. The van der Waals surface area contributed by atoms with Crippen molar-refractivity contribution in [2.75, 3.05) is 11.5 Å². The van der Waals surface area contributed by atoms with Crippen LogP contribution in [0.5, 0.6) is 0 Å². The maximum Gasteiger partial charge on any atom is 0.347 e. The fourth-order valence-corrected chi connectivity index (χ4v) is 6.61. The Hall–Kier alpha value is -3.95. The van der Waals surface area contributed by atoms with Crippen molar-refractivity contribution in [1.82, 2.24) is 19.8 Å². The van der Waals surface area contributed by atoms with Crippen LogP contribution in [0.2, 0.25) is 4.34 Å². The number of carboxylic acid groups (broad SMARTS) is 1. The molecule has 0 saturated carbocycles. The van der Waals surface area contributed by atoms with Crippen molar-refractivity contribution in [3.63, 3.8) is 0 Å². The molecule has 5 rings (SSSR count). The van der Waals surface area contributed by atoms with Crippen molar-refractivity contribution in [1.29, 1.82) is 0 Å². The van der Waals surface area contributed by atoms with Gasteiger partial charge in [0.25, 0.3) is 11.8 Å². The number of aliphatic carboxylic acids is 1. The zero-order valence-electron chi connectivity index (χ0n) is 21.1. The highest BCUT2D eigenvalue weighted by molar-refractivity contribution is 8.00. The van der Waals surface area contributed by atoms with Crippen molar-refractivity contribution in [3.8, 4) is 0 Å². The van der Waals surface area contributed by atoms with Crippen LogP contribution < -0.4 is 15.6 Å². The van der Waals surface area contributed by atoms with Crippen LogP contribution in [0.4, 0.5) is 5.13 Å². The summed E-state index contributed by atoms with van der Waals surface area (Å²) in [6.07, 6.45) is 5.15. The minimum atomic E-state index is -1.37. The maximum atomic E-state index is 13.2. The number of nitrogen functional groups attached to an aromatic ring is 1. The summed E-state index contributed by atoms with van der Waals surface area (Å²) in [6.45, 7) is 1.64. The summed E-state index contributed by atoms with van der Waals surface area (Å²) in [7, 11) is 1.95. The fraction of sp³-hybridized carbons (Fsp3) is 0.292. The predicted octanol–water partition coefficient (Wildman–Crippen LogP) is 0.905. The second kappa shape index (κ2) is 10.9. The second-order valence-corrected chi connectivity index (χ2v) is 11.8. The summed E-state index contributed by atoms with van der Waals surface area (Å²) in [4.78, 5) is 59.9. The number of carbonyl (C=O) groups excluding carboxylic acids is 3. The summed E-state index contributed by atoms with van der Waals surface area (Å²) in [6, 6.07) is 3.02. The van der Waals surface area contributed by atoms with Crippen LogP contribution in [0.15, 0.2) is 47.1 Å². The van der Waals surface area contributed by atoms with Crippen LogP contribution in [-0.2, 0) is 37.6 Å². The number of amides is 2. The highest BCUT2D eigenvalue weighted by Gasteiger charge is 2.53. The van der Waals surface area contributed by atoms with Crippen molar-refractivity contribution >= 4 is 80.5 Å². The molecule has 1 fully saturated rings. The number of carboxylic acids is 1. The number of thiazole rings is 1. The number of pyridine rings is 1. The molecule has 2 aliphatic rings. The summed E-state index contributed by atoms with van der Waals surface area (Å²) in [5.41, 5.74) is 7.22. The minimum Gasteiger partial charge on any atom is -0.478 e. The Kier molecular flexibility index (Phi) is 7.53. The van der Waals surface area contributed by atoms with Gasteiger partial charge >= 0.3 is 5.97 Å². The lowest BCUT2D eigenvalue weighted by atomic mass is 10.0. The van der Waals surface area contributed by atoms with Crippen LogP contribution in [0, 0.1) is 0 Å². The molecule has 2 aliphatic heterocycles. The van der Waals surface area contributed by atoms with Gasteiger partial charge < -0.3 is 25.6 Å². The number of halogens is 1. The molecule has 0 aliphatic carbocycles. The number of oxime groups is 1. The smallest absolute Gasteiger partial charge is 0.347 e. The fourth-order valence-electron chi connectivity index (χ4n) is 4.33. The van der Waals surface area contributed by atoms with E-state index in [9.17, 15) is 19.2 Å². The molecular weight excluding hydrogens is 582 g/mol. The molecule has 16 heteroatoms. The summed E-state index contributed by atoms with van der Waals surface area (Å²) >= 11 is 8.45. The van der Waals surface area contributed by atoms with Gasteiger partial charge in [-0.15, -0.1) is 11.8 Å². The van der Waals surface area contributed by atoms with Crippen LogP contribution >= 0.6 is 34.7 Å². The number of aryl methyl sites for hydroxylation is 1. The third-order valence-electron chi connectivity index (χ3n) is 6.44. The first kappa shape index (κ1) is 27.6. The molecule has 3 aromatic heterocycles. The Labute approximate surface area is 240 Å². The monoisotopic (exact) mass is 604 g/mol. The van der Waals surface area contributed by atoms with Gasteiger partial charge in [0.1, 0.15) is 27.0 Å². The number of aromatic nitrogens is 3. The van der Waals surface area contributed by atoms with Gasteiger partial charge in [-0.3, -0.25) is 19.3 Å². The first-order valence-corrected chi connectivity index (χ1v) is 14.1. The molecule has 5 heterocycles. The molecule has 0 bridgehead atoms. The quantitative estimate of drug-likeness (QED) is 0.105. The van der Waals surface area contributed by atoms with Crippen LogP contribution in [-0.4, -0.2) is 72.6 Å². The lowest BCUT2D eigenvalue weighted by Crippen LogP contribution is -2.70. The average molecular weight is 605 g/mol. The number of anilines is 1. The van der Waals surface area contributed by atoms with Gasteiger partial charge in [-0.2, -0.15) is 4.57 Å². The Balaban J connectivity index is 1.35. The highest BCUT2D eigenvalue weighted by atomic mass is 35.5. The van der Waals surface area contributed by atoms with Crippen LogP contribution in [0.1, 0.15) is 12.6 Å². The van der Waals surface area contributed by atoms with Crippen molar-refractivity contribution < 1.29 is 33.7 Å². The van der Waals surface area contributed by atoms with E-state index in [1.165, 1.54) is 23.6 Å². The predicted molar refractivity (Wildman–Crippen MR) is 147 cm³/mol. The topological polar surface area (TPSA) is 173 Å². The number of nitrogens with two attached hydrogens (primary N) is 1. The van der Waals surface area contributed by atoms with E-state index in [1.807, 2.05) is 46.9 Å². The van der Waals surface area contributed by atoms with Gasteiger partial charge in [0.05, 0.1) is 5.70 Å². The molecule has 1 saturated heterocycles. The lowest BCUT2D eigenvalue weighted by Gasteiger charge is -2.49. The Morgan fingerprint density at radius 2 is 2.23 bits per heavy atom. The number of nitrogens with one attached hydrogen (secondary N) is 1. The summed E-state index contributed by atoms with van der Waals surface area (Å²) in [5.74, 6) is -2.18. The molecule has 40 heavy (non-hydrogen) atoms. The highest BCUT2D eigenvalue weighted by Crippen LogP contribution is 2.39. The van der Waals surface area contributed by atoms with E-state index >= 15 is 0 Å². The number of nitrogens with zero attached hydrogens (tertiary/aromatic N) is 5. The number of allylic oxidation sites excluding steroid dienone is 1. The molecule has 3 aromatic rings. The molecule has 0 spiro atoms. The summed E-state index contributed by atoms with van der Waals surface area (Å²) < 4.78 is 3.99. The average Bonchev–Trinajstić information content (AvgIpc) is 3.46. The summed E-state index contributed by atoms with van der Waals surface area (Å²) in [5, 5.41) is 16.0. The van der Waals surface area contributed by atoms with Crippen molar-refractivity contribution in [2.45, 2.75) is 31.0 Å². The maximum absolute atomic E-state index is 13.2. The molecule has 2 unspecified atom stereocenters. The number of rotatable bonds is 9. The van der Waals surface area contributed by atoms with Gasteiger partial charge in [-0.25, -0.2) is 9.78 Å². The number of thioether (sulfide) groups is 1. The molecule has 0 aromatic carbocycles. The SMILES string of the molecule is C[C@H](O/N=C(\C(=O)NC1C(=O)N2C(C=O)=C(C[n+]3ccc4ccn(C)c4c3)CSC12)c1nc(N)sc1Cl)C(=O)O. The molecule has 13 nitrogen and oxygen atoms in total. The molecule has 3 atom stereocenters. The zero-order valence-corrected chi connectivity index (χ0v) is 23.5. The van der Waals surface area contributed by atoms with E-state index < -0.39 is 41.0 Å². The number of β-lactam (4-membered cyclic amide) rings is 1. The standard InChI is InChI=1S/C24H22ClN7O6S2/c1-11(23(36)37)38-29-17(16-19(25)40-24(26)28-16)20(34)27-18-21(35)32-15(9-33)13(10-39-22(18)32)7-31-6-4-12-3-5-30(2)14(12)8-31/h3-6,8-9,11,18,22H,7,10H2,1-2H3,(H3-,26,27,28,34,36,37)/p+1/b29-17-/t11-,18?,22?/m0/s1. The minimum absolute atomic E-state index is 0.0356. The molecule has 0 radical (unpaired) electrons. The number of fused-ring (bicyclic) bond motifs is 2. The van der Waals surface area contributed by atoms with E-state index in [0.717, 1.165) is 27.8 Å². The van der Waals surface area contributed by atoms with Crippen molar-refractivity contribution in [2.24, 2.45) is 12.2 Å². The largest absolute Gasteiger partial charge is 0.478 e. The van der Waals surface area contributed by atoms with Gasteiger partial charge in [-0.1, -0.05) is 28.1 Å². The normalized spacial score (nSPS) is 19.7. The third-order valence-corrected chi connectivity index (χ3v) is 8.87. The number of carbonyl (C=O) groups is 4. The Morgan fingerprint density at radius 3 is 2.90 bits per heavy atom.